The quantitative estimate of drug-likeness (QED) is 0.360. The molecule has 216 valence electrons. The highest BCUT2D eigenvalue weighted by atomic mass is 19.4. The van der Waals surface area contributed by atoms with E-state index < -0.39 is 42.5 Å². The van der Waals surface area contributed by atoms with Gasteiger partial charge in [0.05, 0.1) is 12.6 Å². The van der Waals surface area contributed by atoms with Gasteiger partial charge in [0.15, 0.2) is 0 Å². The minimum atomic E-state index is -5.10. The number of halogens is 3. The number of urea groups is 1. The van der Waals surface area contributed by atoms with Crippen molar-refractivity contribution in [2.24, 2.45) is 0 Å². The van der Waals surface area contributed by atoms with E-state index in [0.29, 0.717) is 38.0 Å². The molecule has 1 aliphatic carbocycles. The maximum absolute atomic E-state index is 13.5. The van der Waals surface area contributed by atoms with Crippen LogP contribution in [0, 0.1) is 0 Å². The van der Waals surface area contributed by atoms with Crippen LogP contribution in [0.5, 0.6) is 5.75 Å². The molecule has 2 aliphatic rings. The van der Waals surface area contributed by atoms with E-state index in [2.05, 4.69) is 4.74 Å². The fourth-order valence-corrected chi connectivity index (χ4v) is 5.88. The van der Waals surface area contributed by atoms with Crippen LogP contribution in [-0.4, -0.2) is 83.5 Å². The normalized spacial score (nSPS) is 23.1. The zero-order chi connectivity index (χ0) is 29.1. The second-order valence-electron chi connectivity index (χ2n) is 10.3. The number of alkyl halides is 3. The minimum absolute atomic E-state index is 0.290. The maximum Gasteiger partial charge on any atom is 0.490 e. The van der Waals surface area contributed by atoms with Crippen LogP contribution in [0.25, 0.3) is 0 Å². The zero-order valence-electron chi connectivity index (χ0n) is 22.3. The Labute approximate surface area is 230 Å². The van der Waals surface area contributed by atoms with E-state index in [1.54, 1.807) is 36.1 Å². The van der Waals surface area contributed by atoms with Crippen LogP contribution in [0.3, 0.4) is 0 Å². The molecule has 1 heterocycles. The van der Waals surface area contributed by atoms with Crippen LogP contribution >= 0.6 is 0 Å². The third kappa shape index (κ3) is 5.86. The number of hydrogen-bond donors (Lipinski definition) is 1. The van der Waals surface area contributed by atoms with E-state index >= 15 is 0 Å². The molecule has 0 aromatic heterocycles. The number of amides is 2. The van der Waals surface area contributed by atoms with Crippen LogP contribution in [-0.2, 0) is 26.4 Å². The maximum atomic E-state index is 13.5. The predicted octanol–water partition coefficient (Wildman–Crippen LogP) is 4.22. The molecule has 1 saturated heterocycles. The Kier molecular flexibility index (Phi) is 8.29. The van der Waals surface area contributed by atoms with Crippen molar-refractivity contribution in [1.29, 1.82) is 0 Å². The molecule has 4 rings (SSSR count). The highest BCUT2D eigenvalue weighted by Crippen LogP contribution is 2.49. The molecule has 2 fully saturated rings. The molecule has 0 radical (unpaired) electrons. The topological polar surface area (TPSA) is 99.6 Å². The lowest BCUT2D eigenvalue weighted by molar-refractivity contribution is -0.206. The Morgan fingerprint density at radius 3 is 2.20 bits per heavy atom. The van der Waals surface area contributed by atoms with E-state index in [9.17, 15) is 32.7 Å². The van der Waals surface area contributed by atoms with Gasteiger partial charge in [0.25, 0.3) is 0 Å². The fraction of sp³-hybridized carbons (Fsp3) is 0.464. The lowest BCUT2D eigenvalue weighted by Gasteiger charge is -2.51. The summed E-state index contributed by atoms with van der Waals surface area (Å²) in [6, 6.07) is 16.1. The minimum Gasteiger partial charge on any atom is -0.497 e. The Hall–Kier alpha value is -3.80. The van der Waals surface area contributed by atoms with Gasteiger partial charge >= 0.3 is 24.1 Å². The standard InChI is InChI=1S/C28H32F3N3O6/c1-32(19-40-24(37)28(29,30)31)27(21-6-4-3-5-7-21)14-12-26(13-15-27)18-33(25(38)34(26)17-23(35)36)16-20-8-10-22(39-2)11-9-20/h3-11H,12-19H2,1-2H3,(H,35,36). The summed E-state index contributed by atoms with van der Waals surface area (Å²) in [5.41, 5.74) is 0.130. The Morgan fingerprint density at radius 2 is 1.65 bits per heavy atom. The van der Waals surface area contributed by atoms with Crippen LogP contribution in [0.4, 0.5) is 18.0 Å². The Morgan fingerprint density at radius 1 is 1.02 bits per heavy atom. The number of carboxylic acid groups (broad SMARTS) is 1. The van der Waals surface area contributed by atoms with Gasteiger partial charge in [-0.05, 0) is 56.0 Å². The third-order valence-corrected chi connectivity index (χ3v) is 8.06. The van der Waals surface area contributed by atoms with E-state index in [4.69, 9.17) is 4.74 Å². The summed E-state index contributed by atoms with van der Waals surface area (Å²) >= 11 is 0. The molecule has 40 heavy (non-hydrogen) atoms. The number of carbonyl (C=O) groups is 3. The largest absolute Gasteiger partial charge is 0.497 e. The molecule has 2 aromatic carbocycles. The summed E-state index contributed by atoms with van der Waals surface area (Å²) in [4.78, 5) is 41.3. The first-order valence-electron chi connectivity index (χ1n) is 12.8. The van der Waals surface area contributed by atoms with Gasteiger partial charge in [-0.15, -0.1) is 0 Å². The molecule has 1 saturated carbocycles. The molecule has 0 atom stereocenters. The smallest absolute Gasteiger partial charge is 0.490 e. The fourth-order valence-electron chi connectivity index (χ4n) is 5.88. The summed E-state index contributed by atoms with van der Waals surface area (Å²) < 4.78 is 48.1. The summed E-state index contributed by atoms with van der Waals surface area (Å²) in [5, 5.41) is 9.62. The van der Waals surface area contributed by atoms with E-state index in [0.717, 1.165) is 11.1 Å². The van der Waals surface area contributed by atoms with Gasteiger partial charge < -0.3 is 24.4 Å². The molecule has 1 spiro atoms. The van der Waals surface area contributed by atoms with Gasteiger partial charge in [-0.2, -0.15) is 13.2 Å². The predicted molar refractivity (Wildman–Crippen MR) is 137 cm³/mol. The molecule has 9 nitrogen and oxygen atoms in total. The summed E-state index contributed by atoms with van der Waals surface area (Å²) in [7, 11) is 3.16. The SMILES string of the molecule is COc1ccc(CN2CC3(CCC(c4ccccc4)(N(C)COC(=O)C(F)(F)F)CC3)N(CC(=O)O)C2=O)cc1. The van der Waals surface area contributed by atoms with Crippen molar-refractivity contribution in [2.45, 2.75) is 49.5 Å². The van der Waals surface area contributed by atoms with Crippen molar-refractivity contribution in [3.05, 3.63) is 65.7 Å². The van der Waals surface area contributed by atoms with Gasteiger partial charge in [0, 0.05) is 18.6 Å². The van der Waals surface area contributed by atoms with Crippen molar-refractivity contribution in [3.8, 4) is 5.75 Å². The van der Waals surface area contributed by atoms with E-state index in [-0.39, 0.29) is 12.6 Å². The molecule has 1 N–H and O–H groups in total. The second kappa shape index (κ2) is 11.4. The number of nitrogens with zero attached hydrogens (tertiary/aromatic N) is 3. The number of rotatable bonds is 9. The van der Waals surface area contributed by atoms with Crippen molar-refractivity contribution < 1.29 is 42.1 Å². The third-order valence-electron chi connectivity index (χ3n) is 8.06. The lowest BCUT2D eigenvalue weighted by Crippen LogP contribution is -2.57. The molecule has 12 heteroatoms. The highest BCUT2D eigenvalue weighted by molar-refractivity contribution is 5.83. The van der Waals surface area contributed by atoms with Gasteiger partial charge in [-0.3, -0.25) is 9.69 Å². The molecule has 2 aromatic rings. The number of carboxylic acids is 1. The summed E-state index contributed by atoms with van der Waals surface area (Å²) in [5.74, 6) is -2.72. The Bertz CT molecular complexity index is 1210. The summed E-state index contributed by atoms with van der Waals surface area (Å²) in [6.45, 7) is -0.447. The number of carbonyl (C=O) groups excluding carboxylic acids is 2. The Balaban J connectivity index is 1.58. The molecule has 2 amide bonds. The molecule has 1 aliphatic heterocycles. The molecule has 0 unspecified atom stereocenters. The zero-order valence-corrected chi connectivity index (χ0v) is 22.3. The average molecular weight is 564 g/mol. The van der Waals surface area contributed by atoms with Crippen molar-refractivity contribution >= 4 is 18.0 Å². The van der Waals surface area contributed by atoms with Crippen LogP contribution in [0.2, 0.25) is 0 Å². The van der Waals surface area contributed by atoms with Crippen LogP contribution in [0.1, 0.15) is 36.8 Å². The highest BCUT2D eigenvalue weighted by Gasteiger charge is 2.55. The first-order chi connectivity index (χ1) is 18.9. The second-order valence-corrected chi connectivity index (χ2v) is 10.3. The first kappa shape index (κ1) is 29.2. The van der Waals surface area contributed by atoms with Crippen molar-refractivity contribution in [2.75, 3.05) is 34.0 Å². The van der Waals surface area contributed by atoms with E-state index in [1.807, 2.05) is 42.5 Å². The first-order valence-corrected chi connectivity index (χ1v) is 12.8. The van der Waals surface area contributed by atoms with E-state index in [1.165, 1.54) is 4.90 Å². The average Bonchev–Trinajstić information content (AvgIpc) is 3.17. The molecular formula is C28H32F3N3O6. The van der Waals surface area contributed by atoms with Crippen molar-refractivity contribution in [3.63, 3.8) is 0 Å². The number of ether oxygens (including phenoxy) is 2. The molecule has 0 bridgehead atoms. The van der Waals surface area contributed by atoms with Gasteiger partial charge in [-0.25, -0.2) is 9.59 Å². The molecular weight excluding hydrogens is 531 g/mol. The van der Waals surface area contributed by atoms with Crippen LogP contribution in [0.15, 0.2) is 54.6 Å². The monoisotopic (exact) mass is 563 g/mol. The van der Waals surface area contributed by atoms with Crippen LogP contribution < -0.4 is 4.74 Å². The number of aliphatic carboxylic acids is 1. The number of benzene rings is 2. The number of hydrogen-bond acceptors (Lipinski definition) is 6. The summed E-state index contributed by atoms with van der Waals surface area (Å²) in [6.07, 6.45) is -3.50. The lowest BCUT2D eigenvalue weighted by atomic mass is 9.68. The number of methoxy groups -OCH3 is 1. The van der Waals surface area contributed by atoms with Crippen molar-refractivity contribution in [1.82, 2.24) is 14.7 Å². The number of esters is 1. The van der Waals surface area contributed by atoms with Gasteiger partial charge in [-0.1, -0.05) is 42.5 Å². The van der Waals surface area contributed by atoms with Gasteiger partial charge in [0.1, 0.15) is 19.0 Å². The van der Waals surface area contributed by atoms with Gasteiger partial charge in [0.2, 0.25) is 0 Å².